The van der Waals surface area contributed by atoms with E-state index in [1.54, 1.807) is 6.07 Å². The summed E-state index contributed by atoms with van der Waals surface area (Å²) in [5.74, 6) is 0.512. The van der Waals surface area contributed by atoms with Crippen molar-refractivity contribution in [2.45, 2.75) is 29.1 Å². The average Bonchev–Trinajstić information content (AvgIpc) is 3.26. The average molecular weight is 330 g/mol. The van der Waals surface area contributed by atoms with E-state index in [1.165, 1.54) is 6.20 Å². The number of hydrogen-bond acceptors (Lipinski definition) is 5. The van der Waals surface area contributed by atoms with Gasteiger partial charge in [-0.2, -0.15) is 0 Å². The van der Waals surface area contributed by atoms with Crippen LogP contribution in [0.5, 0.6) is 5.88 Å². The molecule has 0 radical (unpaired) electrons. The number of likely N-dealkylation sites (N-methyl/N-ethyl adjacent to an activating group) is 1. The minimum Gasteiger partial charge on any atom is -0.468 e. The zero-order valence-corrected chi connectivity index (χ0v) is 13.7. The van der Waals surface area contributed by atoms with Crippen LogP contribution in [-0.2, 0) is 15.6 Å². The maximum atomic E-state index is 12.6. The number of rotatable bonds is 3. The summed E-state index contributed by atoms with van der Waals surface area (Å²) in [5.41, 5.74) is 1.42. The van der Waals surface area contributed by atoms with Gasteiger partial charge in [0.2, 0.25) is 5.88 Å². The van der Waals surface area contributed by atoms with Gasteiger partial charge in [-0.1, -0.05) is 30.3 Å². The first-order valence-electron chi connectivity index (χ1n) is 7.64. The quantitative estimate of drug-likeness (QED) is 0.865. The van der Waals surface area contributed by atoms with E-state index >= 15 is 0 Å². The smallest absolute Gasteiger partial charge is 0.238 e. The van der Waals surface area contributed by atoms with E-state index in [0.29, 0.717) is 5.88 Å². The Morgan fingerprint density at radius 1 is 1.26 bits per heavy atom. The van der Waals surface area contributed by atoms with Crippen molar-refractivity contribution in [1.29, 1.82) is 0 Å². The van der Waals surface area contributed by atoms with Crippen molar-refractivity contribution in [2.75, 3.05) is 18.5 Å². The Labute approximate surface area is 135 Å². The monoisotopic (exact) mass is 330 g/mol. The fourth-order valence-electron chi connectivity index (χ4n) is 2.98. The van der Waals surface area contributed by atoms with Crippen molar-refractivity contribution in [3.05, 3.63) is 48.2 Å². The molecule has 1 fully saturated rings. The van der Waals surface area contributed by atoms with Crippen LogP contribution in [0.25, 0.3) is 0 Å². The third-order valence-corrected chi connectivity index (χ3v) is 6.08. The van der Waals surface area contributed by atoms with Crippen LogP contribution < -0.4 is 9.64 Å². The van der Waals surface area contributed by atoms with Crippen LogP contribution >= 0.6 is 0 Å². The number of pyridine rings is 1. The Morgan fingerprint density at radius 3 is 2.70 bits per heavy atom. The number of hydrogen-bond donors (Lipinski definition) is 0. The molecule has 1 aromatic heterocycles. The minimum atomic E-state index is -3.43. The second kappa shape index (κ2) is 4.96. The van der Waals surface area contributed by atoms with Crippen molar-refractivity contribution >= 4 is 15.5 Å². The molecule has 6 heteroatoms. The SMILES string of the molecule is CN1CC2(CC2)Oc2ncc(S(=O)(=O)Cc3ccccc3)cc21. The molecule has 0 bridgehead atoms. The summed E-state index contributed by atoms with van der Waals surface area (Å²) >= 11 is 0. The van der Waals surface area contributed by atoms with Gasteiger partial charge in [-0.3, -0.25) is 0 Å². The van der Waals surface area contributed by atoms with Crippen LogP contribution in [0, 0.1) is 0 Å². The Morgan fingerprint density at radius 2 is 2.00 bits per heavy atom. The number of ether oxygens (including phenoxy) is 1. The van der Waals surface area contributed by atoms with Gasteiger partial charge in [-0.15, -0.1) is 0 Å². The summed E-state index contributed by atoms with van der Waals surface area (Å²) in [6.07, 6.45) is 3.48. The van der Waals surface area contributed by atoms with Crippen molar-refractivity contribution in [2.24, 2.45) is 0 Å². The van der Waals surface area contributed by atoms with Gasteiger partial charge in [-0.05, 0) is 24.5 Å². The van der Waals surface area contributed by atoms with Gasteiger partial charge < -0.3 is 9.64 Å². The lowest BCUT2D eigenvalue weighted by Gasteiger charge is -2.33. The second-order valence-electron chi connectivity index (χ2n) is 6.38. The number of sulfone groups is 1. The number of fused-ring (bicyclic) bond motifs is 1. The second-order valence-corrected chi connectivity index (χ2v) is 8.37. The Balaban J connectivity index is 1.66. The molecule has 0 atom stereocenters. The lowest BCUT2D eigenvalue weighted by atomic mass is 10.2. The molecule has 5 nitrogen and oxygen atoms in total. The molecule has 4 rings (SSSR count). The molecule has 23 heavy (non-hydrogen) atoms. The molecule has 1 saturated carbocycles. The molecule has 2 aromatic rings. The molecule has 120 valence electrons. The maximum absolute atomic E-state index is 12.6. The molecule has 2 aliphatic rings. The molecular formula is C17H18N2O3S. The summed E-state index contributed by atoms with van der Waals surface area (Å²) in [6, 6.07) is 10.9. The predicted octanol–water partition coefficient (Wildman–Crippen LogP) is 2.42. The molecule has 1 aliphatic carbocycles. The third kappa shape index (κ3) is 2.67. The van der Waals surface area contributed by atoms with Gasteiger partial charge in [0.1, 0.15) is 11.3 Å². The van der Waals surface area contributed by atoms with Crippen LogP contribution in [0.2, 0.25) is 0 Å². The first kappa shape index (κ1) is 14.5. The van der Waals surface area contributed by atoms with Gasteiger partial charge in [-0.25, -0.2) is 13.4 Å². The zero-order chi connectivity index (χ0) is 16.1. The van der Waals surface area contributed by atoms with Crippen molar-refractivity contribution < 1.29 is 13.2 Å². The normalized spacial score (nSPS) is 18.4. The Hall–Kier alpha value is -2.08. The van der Waals surface area contributed by atoms with E-state index in [4.69, 9.17) is 4.74 Å². The third-order valence-electron chi connectivity index (χ3n) is 4.42. The van der Waals surface area contributed by atoms with Crippen LogP contribution in [0.3, 0.4) is 0 Å². The lowest BCUT2D eigenvalue weighted by molar-refractivity contribution is 0.165. The zero-order valence-electron chi connectivity index (χ0n) is 12.9. The number of anilines is 1. The molecule has 1 aliphatic heterocycles. The van der Waals surface area contributed by atoms with Crippen LogP contribution in [-0.4, -0.2) is 32.6 Å². The molecule has 1 aromatic carbocycles. The van der Waals surface area contributed by atoms with Gasteiger partial charge in [0.25, 0.3) is 0 Å². The van der Waals surface area contributed by atoms with E-state index in [0.717, 1.165) is 30.6 Å². The Bertz CT molecular complexity index is 845. The molecule has 0 unspecified atom stereocenters. The van der Waals surface area contributed by atoms with Gasteiger partial charge in [0.15, 0.2) is 9.84 Å². The first-order valence-corrected chi connectivity index (χ1v) is 9.30. The van der Waals surface area contributed by atoms with Gasteiger partial charge >= 0.3 is 0 Å². The molecule has 1 spiro atoms. The Kier molecular flexibility index (Phi) is 3.13. The highest BCUT2D eigenvalue weighted by molar-refractivity contribution is 7.90. The summed E-state index contributed by atoms with van der Waals surface area (Å²) in [4.78, 5) is 6.55. The van der Waals surface area contributed by atoms with Crippen molar-refractivity contribution in [3.8, 4) is 5.88 Å². The number of nitrogens with zero attached hydrogens (tertiary/aromatic N) is 2. The summed E-state index contributed by atoms with van der Waals surface area (Å²) in [7, 11) is -1.47. The number of benzene rings is 1. The van der Waals surface area contributed by atoms with Crippen LogP contribution in [0.15, 0.2) is 47.5 Å². The van der Waals surface area contributed by atoms with Crippen LogP contribution in [0.4, 0.5) is 5.69 Å². The fourth-order valence-corrected chi connectivity index (χ4v) is 4.28. The first-order chi connectivity index (χ1) is 11.0. The molecule has 2 heterocycles. The topological polar surface area (TPSA) is 59.5 Å². The molecule has 0 N–H and O–H groups in total. The van der Waals surface area contributed by atoms with E-state index in [9.17, 15) is 8.42 Å². The van der Waals surface area contributed by atoms with Gasteiger partial charge in [0.05, 0.1) is 17.2 Å². The van der Waals surface area contributed by atoms with E-state index in [2.05, 4.69) is 4.98 Å². The highest BCUT2D eigenvalue weighted by atomic mass is 32.2. The van der Waals surface area contributed by atoms with E-state index in [1.807, 2.05) is 42.3 Å². The molecular weight excluding hydrogens is 312 g/mol. The summed E-state index contributed by atoms with van der Waals surface area (Å²) in [5, 5.41) is 0. The van der Waals surface area contributed by atoms with E-state index < -0.39 is 9.84 Å². The van der Waals surface area contributed by atoms with Crippen LogP contribution in [0.1, 0.15) is 18.4 Å². The highest BCUT2D eigenvalue weighted by Gasteiger charge is 2.50. The highest BCUT2D eigenvalue weighted by Crippen LogP contribution is 2.47. The summed E-state index contributed by atoms with van der Waals surface area (Å²) < 4.78 is 31.2. The lowest BCUT2D eigenvalue weighted by Crippen LogP contribution is -2.39. The standard InChI is InChI=1S/C17H18N2O3S/c1-19-12-17(7-8-17)22-16-15(19)9-14(10-18-16)23(20,21)11-13-5-3-2-4-6-13/h2-6,9-10H,7-8,11-12H2,1H3. The number of aromatic nitrogens is 1. The van der Waals surface area contributed by atoms with Crippen molar-refractivity contribution in [3.63, 3.8) is 0 Å². The van der Waals surface area contributed by atoms with E-state index in [-0.39, 0.29) is 16.2 Å². The minimum absolute atomic E-state index is 0.0250. The van der Waals surface area contributed by atoms with Gasteiger partial charge in [0, 0.05) is 13.2 Å². The largest absolute Gasteiger partial charge is 0.468 e. The van der Waals surface area contributed by atoms with Crippen molar-refractivity contribution in [1.82, 2.24) is 4.98 Å². The summed E-state index contributed by atoms with van der Waals surface area (Å²) in [6.45, 7) is 0.782. The molecule has 0 saturated heterocycles. The fraction of sp³-hybridized carbons (Fsp3) is 0.353. The predicted molar refractivity (Wildman–Crippen MR) is 87.4 cm³/mol. The molecule has 0 amide bonds. The maximum Gasteiger partial charge on any atom is 0.238 e.